The van der Waals surface area contributed by atoms with Crippen LogP contribution in [-0.4, -0.2) is 18.9 Å². The van der Waals surface area contributed by atoms with Gasteiger partial charge in [0.25, 0.3) is 0 Å². The second kappa shape index (κ2) is 4.63. The second-order valence-corrected chi connectivity index (χ2v) is 3.31. The summed E-state index contributed by atoms with van der Waals surface area (Å²) in [6.45, 7) is 6.15. The highest BCUT2D eigenvalue weighted by atomic mass is 16.6. The SMILES string of the molecule is C/C=C/C1(NCCCCC)CO1. The van der Waals surface area contributed by atoms with Crippen molar-refractivity contribution in [2.75, 3.05) is 13.2 Å². The fourth-order valence-corrected chi connectivity index (χ4v) is 1.28. The number of hydrogen-bond donors (Lipinski definition) is 1. The van der Waals surface area contributed by atoms with Crippen LogP contribution in [0.25, 0.3) is 0 Å². The third-order valence-electron chi connectivity index (χ3n) is 2.10. The molecule has 0 bridgehead atoms. The number of allylic oxidation sites excluding steroid dienone is 1. The quantitative estimate of drug-likeness (QED) is 0.374. The van der Waals surface area contributed by atoms with E-state index < -0.39 is 0 Å². The molecule has 0 aromatic carbocycles. The topological polar surface area (TPSA) is 24.6 Å². The molecule has 1 atom stereocenters. The van der Waals surface area contributed by atoms with E-state index >= 15 is 0 Å². The van der Waals surface area contributed by atoms with Crippen molar-refractivity contribution >= 4 is 0 Å². The summed E-state index contributed by atoms with van der Waals surface area (Å²) in [5.41, 5.74) is -0.0809. The van der Waals surface area contributed by atoms with Gasteiger partial charge in [-0.2, -0.15) is 0 Å². The van der Waals surface area contributed by atoms with Crippen molar-refractivity contribution in [3.8, 4) is 0 Å². The van der Waals surface area contributed by atoms with Crippen molar-refractivity contribution in [2.24, 2.45) is 0 Å². The fourth-order valence-electron chi connectivity index (χ4n) is 1.28. The number of epoxide rings is 1. The van der Waals surface area contributed by atoms with Crippen LogP contribution in [-0.2, 0) is 4.74 Å². The Morgan fingerprint density at radius 1 is 1.50 bits per heavy atom. The first kappa shape index (κ1) is 9.75. The molecule has 0 aromatic heterocycles. The summed E-state index contributed by atoms with van der Waals surface area (Å²) in [6.07, 6.45) is 7.97. The number of hydrogen-bond acceptors (Lipinski definition) is 2. The van der Waals surface area contributed by atoms with Crippen LogP contribution in [0.15, 0.2) is 12.2 Å². The van der Waals surface area contributed by atoms with Crippen molar-refractivity contribution in [3.05, 3.63) is 12.2 Å². The molecule has 0 radical (unpaired) electrons. The summed E-state index contributed by atoms with van der Waals surface area (Å²) < 4.78 is 5.32. The van der Waals surface area contributed by atoms with E-state index in [1.54, 1.807) is 0 Å². The predicted molar refractivity (Wildman–Crippen MR) is 51.0 cm³/mol. The van der Waals surface area contributed by atoms with E-state index in [0.29, 0.717) is 0 Å². The van der Waals surface area contributed by atoms with Crippen molar-refractivity contribution in [2.45, 2.75) is 38.8 Å². The van der Waals surface area contributed by atoms with Gasteiger partial charge in [0.1, 0.15) is 0 Å². The van der Waals surface area contributed by atoms with Crippen molar-refractivity contribution in [1.29, 1.82) is 0 Å². The molecule has 12 heavy (non-hydrogen) atoms. The molecule has 1 heterocycles. The largest absolute Gasteiger partial charge is 0.350 e. The lowest BCUT2D eigenvalue weighted by atomic mass is 10.2. The van der Waals surface area contributed by atoms with E-state index in [1.165, 1.54) is 19.3 Å². The lowest BCUT2D eigenvalue weighted by Gasteiger charge is -2.08. The Kier molecular flexibility index (Phi) is 3.76. The fraction of sp³-hybridized carbons (Fsp3) is 0.800. The van der Waals surface area contributed by atoms with Crippen LogP contribution in [0.5, 0.6) is 0 Å². The van der Waals surface area contributed by atoms with E-state index in [4.69, 9.17) is 4.74 Å². The molecule has 0 amide bonds. The molecule has 1 saturated heterocycles. The molecule has 1 unspecified atom stereocenters. The maximum absolute atomic E-state index is 5.32. The first-order valence-electron chi connectivity index (χ1n) is 4.86. The number of unbranched alkanes of at least 4 members (excludes halogenated alkanes) is 2. The zero-order chi connectivity index (χ0) is 8.86. The Hall–Kier alpha value is -0.340. The zero-order valence-electron chi connectivity index (χ0n) is 8.10. The van der Waals surface area contributed by atoms with Gasteiger partial charge in [0, 0.05) is 0 Å². The van der Waals surface area contributed by atoms with Gasteiger partial charge in [-0.05, 0) is 26.0 Å². The van der Waals surface area contributed by atoms with Gasteiger partial charge in [-0.15, -0.1) is 0 Å². The maximum atomic E-state index is 5.32. The normalized spacial score (nSPS) is 28.2. The highest BCUT2D eigenvalue weighted by Gasteiger charge is 2.40. The molecule has 70 valence electrons. The monoisotopic (exact) mass is 169 g/mol. The van der Waals surface area contributed by atoms with E-state index in [-0.39, 0.29) is 5.72 Å². The van der Waals surface area contributed by atoms with E-state index in [1.807, 2.05) is 13.0 Å². The molecule has 0 spiro atoms. The lowest BCUT2D eigenvalue weighted by molar-refractivity contribution is 0.303. The van der Waals surface area contributed by atoms with Crippen molar-refractivity contribution in [3.63, 3.8) is 0 Å². The minimum absolute atomic E-state index is 0.0809. The highest BCUT2D eigenvalue weighted by Crippen LogP contribution is 2.24. The van der Waals surface area contributed by atoms with Gasteiger partial charge in [0.05, 0.1) is 6.61 Å². The lowest BCUT2D eigenvalue weighted by Crippen LogP contribution is -2.31. The summed E-state index contributed by atoms with van der Waals surface area (Å²) in [6, 6.07) is 0. The van der Waals surface area contributed by atoms with Crippen LogP contribution in [0.2, 0.25) is 0 Å². The Bertz CT molecular complexity index is 150. The standard InChI is InChI=1S/C10H19NO/c1-3-5-6-8-11-10(7-4-2)9-12-10/h4,7,11H,3,5-6,8-9H2,1-2H3/b7-4+. The number of rotatable bonds is 6. The third kappa shape index (κ3) is 2.95. The molecular formula is C10H19NO. The minimum atomic E-state index is -0.0809. The third-order valence-corrected chi connectivity index (χ3v) is 2.10. The van der Waals surface area contributed by atoms with Crippen LogP contribution in [0.3, 0.4) is 0 Å². The Balaban J connectivity index is 2.06. The Labute approximate surface area is 75.0 Å². The molecule has 1 aliphatic heterocycles. The van der Waals surface area contributed by atoms with Crippen LogP contribution < -0.4 is 5.32 Å². The summed E-state index contributed by atoms with van der Waals surface area (Å²) >= 11 is 0. The van der Waals surface area contributed by atoms with Crippen LogP contribution >= 0.6 is 0 Å². The summed E-state index contributed by atoms with van der Waals surface area (Å²) in [5.74, 6) is 0. The Morgan fingerprint density at radius 2 is 2.25 bits per heavy atom. The smallest absolute Gasteiger partial charge is 0.162 e. The average molecular weight is 169 g/mol. The van der Waals surface area contributed by atoms with Crippen molar-refractivity contribution in [1.82, 2.24) is 5.32 Å². The molecule has 2 heteroatoms. The first-order valence-corrected chi connectivity index (χ1v) is 4.86. The molecule has 0 aliphatic carbocycles. The van der Waals surface area contributed by atoms with Gasteiger partial charge >= 0.3 is 0 Å². The predicted octanol–water partition coefficient (Wildman–Crippen LogP) is 2.07. The molecule has 0 aromatic rings. The molecular weight excluding hydrogens is 150 g/mol. The van der Waals surface area contributed by atoms with Gasteiger partial charge in [0.2, 0.25) is 0 Å². The van der Waals surface area contributed by atoms with E-state index in [2.05, 4.69) is 18.3 Å². The molecule has 1 N–H and O–H groups in total. The summed E-state index contributed by atoms with van der Waals surface area (Å²) in [7, 11) is 0. The van der Waals surface area contributed by atoms with Gasteiger partial charge in [-0.1, -0.05) is 25.8 Å². The van der Waals surface area contributed by atoms with E-state index in [9.17, 15) is 0 Å². The van der Waals surface area contributed by atoms with Gasteiger partial charge < -0.3 is 4.74 Å². The molecule has 2 nitrogen and oxygen atoms in total. The maximum Gasteiger partial charge on any atom is 0.162 e. The first-order chi connectivity index (χ1) is 5.83. The highest BCUT2D eigenvalue weighted by molar-refractivity contribution is 5.07. The van der Waals surface area contributed by atoms with Gasteiger partial charge in [-0.3, -0.25) is 5.32 Å². The minimum Gasteiger partial charge on any atom is -0.350 e. The summed E-state index contributed by atoms with van der Waals surface area (Å²) in [5, 5.41) is 3.40. The van der Waals surface area contributed by atoms with Crippen LogP contribution in [0, 0.1) is 0 Å². The number of nitrogens with one attached hydrogen (secondary N) is 1. The molecule has 0 saturated carbocycles. The second-order valence-electron chi connectivity index (χ2n) is 3.31. The van der Waals surface area contributed by atoms with Crippen LogP contribution in [0.1, 0.15) is 33.1 Å². The summed E-state index contributed by atoms with van der Waals surface area (Å²) in [4.78, 5) is 0. The zero-order valence-corrected chi connectivity index (χ0v) is 8.10. The van der Waals surface area contributed by atoms with Crippen LogP contribution in [0.4, 0.5) is 0 Å². The van der Waals surface area contributed by atoms with Gasteiger partial charge in [0.15, 0.2) is 5.72 Å². The average Bonchev–Trinajstić information content (AvgIpc) is 2.81. The molecule has 1 aliphatic rings. The molecule has 1 rings (SSSR count). The van der Waals surface area contributed by atoms with Gasteiger partial charge in [-0.25, -0.2) is 0 Å². The Morgan fingerprint density at radius 3 is 2.75 bits per heavy atom. The number of ether oxygens (including phenoxy) is 1. The van der Waals surface area contributed by atoms with E-state index in [0.717, 1.165) is 13.2 Å². The van der Waals surface area contributed by atoms with Crippen molar-refractivity contribution < 1.29 is 4.74 Å². The molecule has 1 fully saturated rings.